The molecule has 0 heterocycles. The molecule has 2 nitrogen and oxygen atoms in total. The van der Waals surface area contributed by atoms with Crippen LogP contribution in [0, 0.1) is 5.41 Å². The zero-order valence-electron chi connectivity index (χ0n) is 8.56. The second-order valence-electron chi connectivity index (χ2n) is 4.62. The molecule has 0 rings (SSSR count). The van der Waals surface area contributed by atoms with Gasteiger partial charge in [0.15, 0.2) is 0 Å². The zero-order chi connectivity index (χ0) is 9.99. The van der Waals surface area contributed by atoms with E-state index in [0.717, 1.165) is 6.42 Å². The molecule has 0 aromatic carbocycles. The van der Waals surface area contributed by atoms with Crippen LogP contribution in [-0.4, -0.2) is 22.9 Å². The number of hydrogen-bond donors (Lipinski definition) is 1. The SMILES string of the molecule is CPC(C)(CC(C)(C)C)C(=O)O. The first-order valence-corrected chi connectivity index (χ1v) is 5.63. The summed E-state index contributed by atoms with van der Waals surface area (Å²) < 4.78 is 0. The smallest absolute Gasteiger partial charge is 0.313 e. The molecule has 2 unspecified atom stereocenters. The molecule has 12 heavy (non-hydrogen) atoms. The lowest BCUT2D eigenvalue weighted by Gasteiger charge is -2.30. The Bertz CT molecular complexity index is 172. The second kappa shape index (κ2) is 3.74. The van der Waals surface area contributed by atoms with Gasteiger partial charge in [0.25, 0.3) is 0 Å². The van der Waals surface area contributed by atoms with Crippen molar-refractivity contribution in [1.29, 1.82) is 0 Å². The summed E-state index contributed by atoms with van der Waals surface area (Å²) in [5, 5.41) is 8.47. The highest BCUT2D eigenvalue weighted by Gasteiger charge is 2.35. The summed E-state index contributed by atoms with van der Waals surface area (Å²) in [6, 6.07) is 0. The summed E-state index contributed by atoms with van der Waals surface area (Å²) in [7, 11) is 0.456. The van der Waals surface area contributed by atoms with Gasteiger partial charge < -0.3 is 5.11 Å². The zero-order valence-corrected chi connectivity index (χ0v) is 9.56. The Morgan fingerprint density at radius 1 is 1.33 bits per heavy atom. The fourth-order valence-corrected chi connectivity index (χ4v) is 2.25. The van der Waals surface area contributed by atoms with Crippen molar-refractivity contribution in [3.8, 4) is 0 Å². The lowest BCUT2D eigenvalue weighted by molar-refractivity contribution is -0.140. The summed E-state index contributed by atoms with van der Waals surface area (Å²) in [6.45, 7) is 10.0. The monoisotopic (exact) mass is 190 g/mol. The van der Waals surface area contributed by atoms with Gasteiger partial charge in [0.1, 0.15) is 0 Å². The van der Waals surface area contributed by atoms with E-state index in [2.05, 4.69) is 20.8 Å². The van der Waals surface area contributed by atoms with E-state index in [1.54, 1.807) is 0 Å². The molecule has 3 heteroatoms. The van der Waals surface area contributed by atoms with Crippen molar-refractivity contribution in [2.45, 2.75) is 39.3 Å². The first kappa shape index (κ1) is 11.9. The van der Waals surface area contributed by atoms with Gasteiger partial charge in [-0.25, -0.2) is 0 Å². The van der Waals surface area contributed by atoms with Crippen molar-refractivity contribution in [2.24, 2.45) is 5.41 Å². The highest BCUT2D eigenvalue weighted by molar-refractivity contribution is 7.40. The van der Waals surface area contributed by atoms with Crippen LogP contribution in [0.3, 0.4) is 0 Å². The van der Waals surface area contributed by atoms with Gasteiger partial charge in [0.05, 0.1) is 5.16 Å². The van der Waals surface area contributed by atoms with E-state index >= 15 is 0 Å². The van der Waals surface area contributed by atoms with E-state index in [1.165, 1.54) is 0 Å². The molecule has 0 aliphatic heterocycles. The predicted molar refractivity (Wildman–Crippen MR) is 54.4 cm³/mol. The van der Waals surface area contributed by atoms with Crippen LogP contribution >= 0.6 is 8.58 Å². The molecule has 0 aliphatic carbocycles. The van der Waals surface area contributed by atoms with E-state index < -0.39 is 11.1 Å². The Morgan fingerprint density at radius 3 is 1.83 bits per heavy atom. The third-order valence-corrected chi connectivity index (χ3v) is 3.40. The molecule has 0 aliphatic rings. The standard InChI is InChI=1S/C9H19O2P/c1-8(2,3)6-9(4,12-5)7(10)11/h12H,6H2,1-5H3,(H,10,11). The molecule has 1 N–H and O–H groups in total. The fourth-order valence-electron chi connectivity index (χ4n) is 1.33. The maximum absolute atomic E-state index is 10.9. The number of carbonyl (C=O) groups is 1. The minimum Gasteiger partial charge on any atom is -0.481 e. The highest BCUT2D eigenvalue weighted by Crippen LogP contribution is 2.39. The predicted octanol–water partition coefficient (Wildman–Crippen LogP) is 2.57. The van der Waals surface area contributed by atoms with Crippen LogP contribution in [0.4, 0.5) is 0 Å². The Hall–Kier alpha value is -0.100. The van der Waals surface area contributed by atoms with Crippen molar-refractivity contribution in [2.75, 3.05) is 6.66 Å². The van der Waals surface area contributed by atoms with E-state index in [0.29, 0.717) is 8.58 Å². The van der Waals surface area contributed by atoms with Crippen LogP contribution in [0.2, 0.25) is 0 Å². The van der Waals surface area contributed by atoms with Crippen molar-refractivity contribution >= 4 is 14.6 Å². The van der Waals surface area contributed by atoms with Crippen LogP contribution in [0.1, 0.15) is 34.1 Å². The summed E-state index contributed by atoms with van der Waals surface area (Å²) in [5.41, 5.74) is 0.0934. The topological polar surface area (TPSA) is 37.3 Å². The number of rotatable bonds is 3. The highest BCUT2D eigenvalue weighted by atomic mass is 31.1. The number of carboxylic acid groups (broad SMARTS) is 1. The van der Waals surface area contributed by atoms with Crippen molar-refractivity contribution in [3.05, 3.63) is 0 Å². The second-order valence-corrected chi connectivity index (χ2v) is 6.23. The maximum atomic E-state index is 10.9. The van der Waals surface area contributed by atoms with Crippen LogP contribution in [0.15, 0.2) is 0 Å². The lowest BCUT2D eigenvalue weighted by Crippen LogP contribution is -2.34. The summed E-state index contributed by atoms with van der Waals surface area (Å²) >= 11 is 0. The molecule has 72 valence electrons. The fraction of sp³-hybridized carbons (Fsp3) is 0.889. The molecule has 0 bridgehead atoms. The molecule has 0 fully saturated rings. The Morgan fingerprint density at radius 2 is 1.75 bits per heavy atom. The van der Waals surface area contributed by atoms with Crippen molar-refractivity contribution < 1.29 is 9.90 Å². The van der Waals surface area contributed by atoms with E-state index in [4.69, 9.17) is 5.11 Å². The molecule has 0 spiro atoms. The molecule has 0 amide bonds. The number of aliphatic carboxylic acids is 1. The van der Waals surface area contributed by atoms with Gasteiger partial charge in [-0.2, -0.15) is 0 Å². The number of carboxylic acids is 1. The van der Waals surface area contributed by atoms with Gasteiger partial charge in [0.2, 0.25) is 0 Å². The normalized spacial score (nSPS) is 18.1. The Kier molecular flexibility index (Phi) is 3.71. The molecule has 0 saturated carbocycles. The molecular weight excluding hydrogens is 171 g/mol. The summed E-state index contributed by atoms with van der Waals surface area (Å²) in [4.78, 5) is 10.9. The van der Waals surface area contributed by atoms with Gasteiger partial charge in [-0.1, -0.05) is 20.8 Å². The Labute approximate surface area is 76.5 Å². The molecular formula is C9H19O2P. The van der Waals surface area contributed by atoms with Crippen LogP contribution in [0.25, 0.3) is 0 Å². The van der Waals surface area contributed by atoms with Crippen LogP contribution < -0.4 is 0 Å². The molecule has 2 atom stereocenters. The first-order chi connectivity index (χ1) is 5.21. The average molecular weight is 190 g/mol. The maximum Gasteiger partial charge on any atom is 0.313 e. The minimum absolute atomic E-state index is 0.0934. The van der Waals surface area contributed by atoms with E-state index in [-0.39, 0.29) is 5.41 Å². The third kappa shape index (κ3) is 3.53. The van der Waals surface area contributed by atoms with Gasteiger partial charge in [-0.3, -0.25) is 4.79 Å². The summed E-state index contributed by atoms with van der Waals surface area (Å²) in [5.74, 6) is -0.668. The van der Waals surface area contributed by atoms with Crippen molar-refractivity contribution in [3.63, 3.8) is 0 Å². The van der Waals surface area contributed by atoms with Gasteiger partial charge in [-0.15, -0.1) is 8.58 Å². The molecule has 0 saturated heterocycles. The molecule has 0 radical (unpaired) electrons. The van der Waals surface area contributed by atoms with E-state index in [9.17, 15) is 4.79 Å². The number of hydrogen-bond acceptors (Lipinski definition) is 1. The summed E-state index contributed by atoms with van der Waals surface area (Å²) in [6.07, 6.45) is 0.740. The quantitative estimate of drug-likeness (QED) is 0.694. The lowest BCUT2D eigenvalue weighted by atomic mass is 9.85. The van der Waals surface area contributed by atoms with Gasteiger partial charge in [-0.05, 0) is 25.4 Å². The van der Waals surface area contributed by atoms with E-state index in [1.807, 2.05) is 13.6 Å². The van der Waals surface area contributed by atoms with Crippen LogP contribution in [-0.2, 0) is 4.79 Å². The largest absolute Gasteiger partial charge is 0.481 e. The third-order valence-electron chi connectivity index (χ3n) is 1.91. The van der Waals surface area contributed by atoms with Gasteiger partial charge in [0, 0.05) is 0 Å². The van der Waals surface area contributed by atoms with Gasteiger partial charge >= 0.3 is 5.97 Å². The average Bonchev–Trinajstić information content (AvgIpc) is 1.83. The van der Waals surface area contributed by atoms with Crippen LogP contribution in [0.5, 0.6) is 0 Å². The minimum atomic E-state index is -0.668. The van der Waals surface area contributed by atoms with Crippen molar-refractivity contribution in [1.82, 2.24) is 0 Å². The first-order valence-electron chi connectivity index (χ1n) is 4.13. The Balaban J connectivity index is 4.46. The molecule has 0 aromatic heterocycles. The molecule has 0 aromatic rings.